The summed E-state index contributed by atoms with van der Waals surface area (Å²) in [6, 6.07) is 10.8. The molecule has 0 saturated heterocycles. The SMILES string of the molecule is COCCOc1cc([N+](=O)[O-])c(C(=O)N(C)c2cccc(C#N)c2)cc1OC. The van der Waals surface area contributed by atoms with Gasteiger partial charge in [0.1, 0.15) is 12.2 Å². The van der Waals surface area contributed by atoms with Crippen LogP contribution in [0.4, 0.5) is 11.4 Å². The number of nitro groups is 1. The van der Waals surface area contributed by atoms with Crippen LogP contribution < -0.4 is 14.4 Å². The number of benzene rings is 2. The molecule has 2 aromatic rings. The monoisotopic (exact) mass is 385 g/mol. The number of carbonyl (C=O) groups excluding carboxylic acids is 1. The lowest BCUT2D eigenvalue weighted by Crippen LogP contribution is -2.27. The predicted octanol–water partition coefficient (Wildman–Crippen LogP) is 2.78. The number of hydrogen-bond acceptors (Lipinski definition) is 7. The zero-order valence-electron chi connectivity index (χ0n) is 15.7. The Morgan fingerprint density at radius 3 is 2.57 bits per heavy atom. The maximum absolute atomic E-state index is 12.9. The molecule has 0 aliphatic rings. The molecule has 0 aromatic heterocycles. The van der Waals surface area contributed by atoms with Gasteiger partial charge in [-0.2, -0.15) is 5.26 Å². The van der Waals surface area contributed by atoms with Crippen molar-refractivity contribution >= 4 is 17.3 Å². The number of carbonyl (C=O) groups is 1. The van der Waals surface area contributed by atoms with Crippen molar-refractivity contribution in [3.63, 3.8) is 0 Å². The lowest BCUT2D eigenvalue weighted by Gasteiger charge is -2.19. The molecule has 0 unspecified atom stereocenters. The summed E-state index contributed by atoms with van der Waals surface area (Å²) in [5.74, 6) is -0.301. The number of nitrogens with zero attached hydrogens (tertiary/aromatic N) is 3. The van der Waals surface area contributed by atoms with Crippen molar-refractivity contribution in [2.45, 2.75) is 0 Å². The van der Waals surface area contributed by atoms with Gasteiger partial charge >= 0.3 is 0 Å². The van der Waals surface area contributed by atoms with Gasteiger partial charge in [0, 0.05) is 25.9 Å². The summed E-state index contributed by atoms with van der Waals surface area (Å²) < 4.78 is 15.6. The molecule has 0 N–H and O–H groups in total. The Bertz CT molecular complexity index is 922. The number of nitriles is 1. The highest BCUT2D eigenvalue weighted by Gasteiger charge is 2.27. The van der Waals surface area contributed by atoms with Crippen LogP contribution in [0.1, 0.15) is 15.9 Å². The minimum Gasteiger partial charge on any atom is -0.493 e. The van der Waals surface area contributed by atoms with Crippen LogP contribution in [0.5, 0.6) is 11.5 Å². The standard InChI is InChI=1S/C19H19N3O6/c1-21(14-6-4-5-13(9-14)12-20)19(23)15-10-17(27-3)18(28-8-7-26-2)11-16(15)22(24)25/h4-6,9-11H,7-8H2,1-3H3. The van der Waals surface area contributed by atoms with Crippen molar-refractivity contribution in [2.75, 3.05) is 39.4 Å². The van der Waals surface area contributed by atoms with Gasteiger partial charge in [-0.1, -0.05) is 6.07 Å². The molecule has 28 heavy (non-hydrogen) atoms. The number of ether oxygens (including phenoxy) is 3. The number of hydrogen-bond donors (Lipinski definition) is 0. The third-order valence-electron chi connectivity index (χ3n) is 3.92. The van der Waals surface area contributed by atoms with E-state index in [2.05, 4.69) is 0 Å². The Morgan fingerprint density at radius 2 is 1.96 bits per heavy atom. The van der Waals surface area contributed by atoms with Gasteiger partial charge in [-0.25, -0.2) is 0 Å². The lowest BCUT2D eigenvalue weighted by atomic mass is 10.1. The van der Waals surface area contributed by atoms with E-state index in [4.69, 9.17) is 19.5 Å². The molecule has 1 amide bonds. The molecule has 0 fully saturated rings. The maximum Gasteiger partial charge on any atom is 0.286 e. The fourth-order valence-corrected chi connectivity index (χ4v) is 2.46. The van der Waals surface area contributed by atoms with E-state index < -0.39 is 16.5 Å². The predicted molar refractivity (Wildman–Crippen MR) is 101 cm³/mol. The van der Waals surface area contributed by atoms with E-state index in [0.29, 0.717) is 11.3 Å². The van der Waals surface area contributed by atoms with E-state index in [1.165, 1.54) is 38.3 Å². The largest absolute Gasteiger partial charge is 0.493 e. The van der Waals surface area contributed by atoms with Crippen molar-refractivity contribution in [1.82, 2.24) is 0 Å². The molecule has 0 aliphatic heterocycles. The molecule has 146 valence electrons. The lowest BCUT2D eigenvalue weighted by molar-refractivity contribution is -0.385. The highest BCUT2D eigenvalue weighted by atomic mass is 16.6. The average molecular weight is 385 g/mol. The van der Waals surface area contributed by atoms with Gasteiger partial charge in [0.15, 0.2) is 11.5 Å². The van der Waals surface area contributed by atoms with Gasteiger partial charge < -0.3 is 19.1 Å². The minimum absolute atomic E-state index is 0.136. The summed E-state index contributed by atoms with van der Waals surface area (Å²) in [4.78, 5) is 25.0. The second kappa shape index (κ2) is 9.34. The smallest absolute Gasteiger partial charge is 0.286 e. The van der Waals surface area contributed by atoms with E-state index in [0.717, 1.165) is 6.07 Å². The van der Waals surface area contributed by atoms with Crippen LogP contribution in [0.2, 0.25) is 0 Å². The molecule has 0 atom stereocenters. The fraction of sp³-hybridized carbons (Fsp3) is 0.263. The molecule has 9 heteroatoms. The molecule has 0 aliphatic carbocycles. The van der Waals surface area contributed by atoms with Gasteiger partial charge in [-0.15, -0.1) is 0 Å². The second-order valence-corrected chi connectivity index (χ2v) is 5.64. The van der Waals surface area contributed by atoms with Crippen molar-refractivity contribution in [2.24, 2.45) is 0 Å². The second-order valence-electron chi connectivity index (χ2n) is 5.64. The van der Waals surface area contributed by atoms with E-state index in [1.807, 2.05) is 6.07 Å². The highest BCUT2D eigenvalue weighted by molar-refractivity contribution is 6.09. The number of anilines is 1. The maximum atomic E-state index is 12.9. The molecular weight excluding hydrogens is 366 g/mol. The zero-order chi connectivity index (χ0) is 20.7. The van der Waals surface area contributed by atoms with Crippen LogP contribution in [0, 0.1) is 21.4 Å². The van der Waals surface area contributed by atoms with Crippen LogP contribution in [-0.4, -0.2) is 45.3 Å². The van der Waals surface area contributed by atoms with Gasteiger partial charge in [0.2, 0.25) is 0 Å². The van der Waals surface area contributed by atoms with Crippen LogP contribution >= 0.6 is 0 Å². The highest BCUT2D eigenvalue weighted by Crippen LogP contribution is 2.35. The van der Waals surface area contributed by atoms with Gasteiger partial charge in [0.05, 0.1) is 36.3 Å². The summed E-state index contributed by atoms with van der Waals surface area (Å²) in [6.45, 7) is 0.452. The van der Waals surface area contributed by atoms with Gasteiger partial charge in [0.25, 0.3) is 11.6 Å². The van der Waals surface area contributed by atoms with E-state index >= 15 is 0 Å². The molecule has 0 bridgehead atoms. The average Bonchev–Trinajstić information content (AvgIpc) is 2.72. The van der Waals surface area contributed by atoms with Crippen LogP contribution in [0.25, 0.3) is 0 Å². The van der Waals surface area contributed by atoms with Crippen molar-refractivity contribution in [1.29, 1.82) is 5.26 Å². The Labute approximate surface area is 161 Å². The quantitative estimate of drug-likeness (QED) is 0.390. The first-order valence-electron chi connectivity index (χ1n) is 8.19. The van der Waals surface area contributed by atoms with E-state index in [-0.39, 0.29) is 30.3 Å². The molecule has 0 heterocycles. The third kappa shape index (κ3) is 4.55. The molecule has 0 saturated carbocycles. The first-order chi connectivity index (χ1) is 13.4. The Kier molecular flexibility index (Phi) is 6.90. The molecule has 2 aromatic carbocycles. The molecule has 2 rings (SSSR count). The normalized spacial score (nSPS) is 10.1. The Morgan fingerprint density at radius 1 is 1.21 bits per heavy atom. The van der Waals surface area contributed by atoms with Gasteiger partial charge in [-0.3, -0.25) is 14.9 Å². The van der Waals surface area contributed by atoms with Crippen molar-refractivity contribution in [3.05, 3.63) is 57.6 Å². The summed E-state index contributed by atoms with van der Waals surface area (Å²) >= 11 is 0. The van der Waals surface area contributed by atoms with Crippen LogP contribution in [-0.2, 0) is 4.74 Å². The molecular formula is C19H19N3O6. The van der Waals surface area contributed by atoms with Crippen LogP contribution in [0.15, 0.2) is 36.4 Å². The number of methoxy groups -OCH3 is 2. The fourth-order valence-electron chi connectivity index (χ4n) is 2.46. The number of nitro benzene ring substituents is 1. The van der Waals surface area contributed by atoms with Crippen molar-refractivity contribution in [3.8, 4) is 17.6 Å². The summed E-state index contributed by atoms with van der Waals surface area (Å²) in [7, 11) is 4.35. The van der Waals surface area contributed by atoms with Gasteiger partial charge in [-0.05, 0) is 18.2 Å². The summed E-state index contributed by atoms with van der Waals surface area (Å²) in [5, 5.41) is 20.6. The number of rotatable bonds is 8. The molecule has 9 nitrogen and oxygen atoms in total. The molecule has 0 spiro atoms. The Balaban J connectivity index is 2.45. The van der Waals surface area contributed by atoms with Crippen molar-refractivity contribution < 1.29 is 23.9 Å². The summed E-state index contributed by atoms with van der Waals surface area (Å²) in [6.07, 6.45) is 0. The number of amides is 1. The van der Waals surface area contributed by atoms with Crippen LogP contribution in [0.3, 0.4) is 0 Å². The summed E-state index contributed by atoms with van der Waals surface area (Å²) in [5.41, 5.74) is 0.219. The minimum atomic E-state index is -0.657. The van der Waals surface area contributed by atoms with E-state index in [1.54, 1.807) is 18.2 Å². The zero-order valence-corrected chi connectivity index (χ0v) is 15.7. The first kappa shape index (κ1) is 20.7. The topological polar surface area (TPSA) is 115 Å². The third-order valence-corrected chi connectivity index (χ3v) is 3.92. The first-order valence-corrected chi connectivity index (χ1v) is 8.19. The Hall–Kier alpha value is -3.64. The van der Waals surface area contributed by atoms with E-state index in [9.17, 15) is 14.9 Å². The molecule has 0 radical (unpaired) electrons.